The molecule has 8 nitrogen and oxygen atoms in total. The molecule has 0 unspecified atom stereocenters. The van der Waals surface area contributed by atoms with E-state index in [1.807, 2.05) is 6.07 Å². The van der Waals surface area contributed by atoms with Crippen LogP contribution in [0.4, 0.5) is 0 Å². The van der Waals surface area contributed by atoms with Crippen molar-refractivity contribution < 1.29 is 17.9 Å². The summed E-state index contributed by atoms with van der Waals surface area (Å²) in [6, 6.07) is 15.6. The molecule has 30 heavy (non-hydrogen) atoms. The van der Waals surface area contributed by atoms with Crippen molar-refractivity contribution >= 4 is 15.7 Å². The van der Waals surface area contributed by atoms with Gasteiger partial charge < -0.3 is 10.5 Å². The molecule has 0 saturated carbocycles. The molecular weight excluding hydrogens is 404 g/mol. The Kier molecular flexibility index (Phi) is 6.09. The molecule has 2 N–H and O–H groups in total. The molecule has 0 radical (unpaired) electrons. The normalized spacial score (nSPS) is 10.9. The van der Waals surface area contributed by atoms with Crippen molar-refractivity contribution in [3.05, 3.63) is 82.5 Å². The molecule has 152 valence electrons. The van der Waals surface area contributed by atoms with Gasteiger partial charge in [-0.25, -0.2) is 13.4 Å². The van der Waals surface area contributed by atoms with Gasteiger partial charge in [0.1, 0.15) is 6.61 Å². The quantitative estimate of drug-likeness (QED) is 0.575. The lowest BCUT2D eigenvalue weighted by Crippen LogP contribution is -2.11. The van der Waals surface area contributed by atoms with E-state index in [-0.39, 0.29) is 17.6 Å². The minimum Gasteiger partial charge on any atom is -0.472 e. The maximum absolute atomic E-state index is 11.8. The number of nitrogens with zero attached hydrogens (tertiary/aromatic N) is 3. The van der Waals surface area contributed by atoms with Gasteiger partial charge >= 0.3 is 0 Å². The number of nitrogens with two attached hydrogens (primary N) is 1. The van der Waals surface area contributed by atoms with Gasteiger partial charge in [-0.05, 0) is 35.4 Å². The van der Waals surface area contributed by atoms with Gasteiger partial charge in [0.2, 0.25) is 26.8 Å². The molecule has 0 saturated heterocycles. The molecule has 0 aliphatic heterocycles. The second-order valence-corrected chi connectivity index (χ2v) is 8.50. The van der Waals surface area contributed by atoms with Crippen LogP contribution < -0.4 is 10.5 Å². The summed E-state index contributed by atoms with van der Waals surface area (Å²) in [6.45, 7) is 0.138. The van der Waals surface area contributed by atoms with Crippen molar-refractivity contribution in [2.45, 2.75) is 18.2 Å². The molecule has 0 spiro atoms. The molecule has 9 heteroatoms. The summed E-state index contributed by atoms with van der Waals surface area (Å²) < 4.78 is 29.5. The number of benzene rings is 2. The summed E-state index contributed by atoms with van der Waals surface area (Å²) in [5.74, 6) is -0.373. The Balaban J connectivity index is 1.87. The van der Waals surface area contributed by atoms with E-state index in [1.165, 1.54) is 6.20 Å². The van der Waals surface area contributed by atoms with Gasteiger partial charge in [-0.15, -0.1) is 0 Å². The molecule has 0 atom stereocenters. The Morgan fingerprint density at radius 3 is 2.30 bits per heavy atom. The van der Waals surface area contributed by atoms with Gasteiger partial charge in [-0.1, -0.05) is 24.3 Å². The molecule has 0 aliphatic rings. The van der Waals surface area contributed by atoms with Crippen molar-refractivity contribution in [3.63, 3.8) is 0 Å². The summed E-state index contributed by atoms with van der Waals surface area (Å²) in [5, 5.41) is 8.56. The molecule has 1 amide bonds. The number of ether oxygens (including phenoxy) is 1. The summed E-state index contributed by atoms with van der Waals surface area (Å²) in [6.07, 6.45) is 2.81. The summed E-state index contributed by atoms with van der Waals surface area (Å²) >= 11 is 0. The number of sulfone groups is 1. The standard InChI is InChI=1S/C21H18N4O4S/c1-30(27,28)21-24-12-18(10-14-6-8-17(9-7-14)19(23)26)20(25-21)29-13-16-4-2-15(11-22)3-5-16/h2-9,12H,10,13H2,1H3,(H2,23,26). The van der Waals surface area contributed by atoms with Crippen molar-refractivity contribution in [2.75, 3.05) is 6.26 Å². The average Bonchev–Trinajstić information content (AvgIpc) is 2.73. The van der Waals surface area contributed by atoms with Crippen LogP contribution in [0.2, 0.25) is 0 Å². The first-order valence-corrected chi connectivity index (χ1v) is 10.7. The zero-order valence-corrected chi connectivity index (χ0v) is 16.9. The number of hydrogen-bond acceptors (Lipinski definition) is 7. The molecular formula is C21H18N4O4S. The van der Waals surface area contributed by atoms with Crippen LogP contribution in [0.15, 0.2) is 59.9 Å². The van der Waals surface area contributed by atoms with Crippen molar-refractivity contribution in [2.24, 2.45) is 5.73 Å². The summed E-state index contributed by atoms with van der Waals surface area (Å²) in [4.78, 5) is 19.3. The third kappa shape index (κ3) is 5.18. The second kappa shape index (κ2) is 8.71. The fourth-order valence-corrected chi connectivity index (χ4v) is 3.13. The fraction of sp³-hybridized carbons (Fsp3) is 0.143. The zero-order valence-electron chi connectivity index (χ0n) is 16.1. The van der Waals surface area contributed by atoms with E-state index in [1.54, 1.807) is 48.5 Å². The Morgan fingerprint density at radius 2 is 1.73 bits per heavy atom. The van der Waals surface area contributed by atoms with E-state index >= 15 is 0 Å². The van der Waals surface area contributed by atoms with E-state index in [2.05, 4.69) is 9.97 Å². The maximum Gasteiger partial charge on any atom is 0.250 e. The highest BCUT2D eigenvalue weighted by Crippen LogP contribution is 2.22. The number of hydrogen-bond donors (Lipinski definition) is 1. The first kappa shape index (κ1) is 21.0. The van der Waals surface area contributed by atoms with Gasteiger partial charge in [0, 0.05) is 30.0 Å². The number of aromatic nitrogens is 2. The number of primary amides is 1. The fourth-order valence-electron chi connectivity index (χ4n) is 2.63. The van der Waals surface area contributed by atoms with Crippen LogP contribution >= 0.6 is 0 Å². The van der Waals surface area contributed by atoms with E-state index in [0.29, 0.717) is 23.1 Å². The highest BCUT2D eigenvalue weighted by molar-refractivity contribution is 7.90. The number of nitriles is 1. The lowest BCUT2D eigenvalue weighted by Gasteiger charge is -2.12. The predicted molar refractivity (Wildman–Crippen MR) is 108 cm³/mol. The van der Waals surface area contributed by atoms with Gasteiger partial charge in [0.15, 0.2) is 0 Å². The lowest BCUT2D eigenvalue weighted by molar-refractivity contribution is 0.1000. The van der Waals surface area contributed by atoms with Crippen molar-refractivity contribution in [3.8, 4) is 11.9 Å². The molecule has 0 aliphatic carbocycles. The van der Waals surface area contributed by atoms with Crippen LogP contribution in [0.3, 0.4) is 0 Å². The van der Waals surface area contributed by atoms with Gasteiger partial charge in [0.25, 0.3) is 0 Å². The Bertz CT molecular complexity index is 1220. The van der Waals surface area contributed by atoms with Crippen LogP contribution in [-0.2, 0) is 22.9 Å². The second-order valence-electron chi connectivity index (χ2n) is 6.59. The van der Waals surface area contributed by atoms with Gasteiger partial charge in [0.05, 0.1) is 11.6 Å². The monoisotopic (exact) mass is 422 g/mol. The predicted octanol–water partition coefficient (Wildman–Crippen LogP) is 2.02. The minimum atomic E-state index is -3.61. The first-order chi connectivity index (χ1) is 14.3. The molecule has 0 bridgehead atoms. The smallest absolute Gasteiger partial charge is 0.250 e. The maximum atomic E-state index is 11.8. The van der Waals surface area contributed by atoms with E-state index in [4.69, 9.17) is 15.7 Å². The van der Waals surface area contributed by atoms with Crippen molar-refractivity contribution in [1.29, 1.82) is 5.26 Å². The summed E-state index contributed by atoms with van der Waals surface area (Å²) in [7, 11) is -3.61. The largest absolute Gasteiger partial charge is 0.472 e. The number of rotatable bonds is 7. The Hall–Kier alpha value is -3.77. The molecule has 0 fully saturated rings. The van der Waals surface area contributed by atoms with E-state index < -0.39 is 15.7 Å². The molecule has 3 aromatic rings. The average molecular weight is 422 g/mol. The minimum absolute atomic E-state index is 0.138. The molecule has 2 aromatic carbocycles. The Labute approximate surface area is 173 Å². The SMILES string of the molecule is CS(=O)(=O)c1ncc(Cc2ccc(C(N)=O)cc2)c(OCc2ccc(C#N)cc2)n1. The number of amides is 1. The molecule has 3 rings (SSSR count). The molecule has 1 heterocycles. The number of carbonyl (C=O) groups is 1. The summed E-state index contributed by atoms with van der Waals surface area (Å²) in [5.41, 5.74) is 8.40. The third-order valence-electron chi connectivity index (χ3n) is 4.23. The third-order valence-corrected chi connectivity index (χ3v) is 5.09. The van der Waals surface area contributed by atoms with E-state index in [0.717, 1.165) is 17.4 Å². The van der Waals surface area contributed by atoms with E-state index in [9.17, 15) is 13.2 Å². The van der Waals surface area contributed by atoms with Gasteiger partial charge in [-0.2, -0.15) is 10.2 Å². The lowest BCUT2D eigenvalue weighted by atomic mass is 10.1. The van der Waals surface area contributed by atoms with Crippen LogP contribution in [-0.4, -0.2) is 30.5 Å². The van der Waals surface area contributed by atoms with Crippen LogP contribution in [0, 0.1) is 11.3 Å². The van der Waals surface area contributed by atoms with Crippen LogP contribution in [0.5, 0.6) is 5.88 Å². The topological polar surface area (TPSA) is 136 Å². The highest BCUT2D eigenvalue weighted by Gasteiger charge is 2.16. The van der Waals surface area contributed by atoms with Crippen LogP contribution in [0.1, 0.15) is 32.6 Å². The zero-order chi connectivity index (χ0) is 21.7. The first-order valence-electron chi connectivity index (χ1n) is 8.83. The molecule has 1 aromatic heterocycles. The van der Waals surface area contributed by atoms with Crippen molar-refractivity contribution in [1.82, 2.24) is 9.97 Å². The Morgan fingerprint density at radius 1 is 1.10 bits per heavy atom. The van der Waals surface area contributed by atoms with Crippen LogP contribution in [0.25, 0.3) is 0 Å². The number of carbonyl (C=O) groups excluding carboxylic acids is 1. The van der Waals surface area contributed by atoms with Gasteiger partial charge in [-0.3, -0.25) is 4.79 Å². The highest BCUT2D eigenvalue weighted by atomic mass is 32.2.